The predicted molar refractivity (Wildman–Crippen MR) is 68.7 cm³/mol. The second-order valence-electron chi connectivity index (χ2n) is 3.54. The molecule has 0 aliphatic heterocycles. The zero-order valence-corrected chi connectivity index (χ0v) is 10.2. The van der Waals surface area contributed by atoms with Gasteiger partial charge < -0.3 is 15.2 Å². The van der Waals surface area contributed by atoms with E-state index in [1.807, 2.05) is 37.3 Å². The summed E-state index contributed by atoms with van der Waals surface area (Å²) in [7, 11) is 0. The normalized spacial score (nSPS) is 12.1. The van der Waals surface area contributed by atoms with Crippen LogP contribution in [0.3, 0.4) is 0 Å². The summed E-state index contributed by atoms with van der Waals surface area (Å²) in [6, 6.07) is 9.65. The zero-order chi connectivity index (χ0) is 11.8. The molecule has 0 bridgehead atoms. The molecule has 0 fully saturated rings. The fraction of sp³-hybridized carbons (Fsp3) is 0.417. The number of ether oxygens (including phenoxy) is 2. The van der Waals surface area contributed by atoms with Crippen LogP contribution >= 0.6 is 12.2 Å². The molecule has 0 radical (unpaired) electrons. The van der Waals surface area contributed by atoms with Gasteiger partial charge >= 0.3 is 0 Å². The Labute approximate surface area is 102 Å². The Morgan fingerprint density at radius 3 is 2.62 bits per heavy atom. The average Bonchev–Trinajstić information content (AvgIpc) is 2.29. The summed E-state index contributed by atoms with van der Waals surface area (Å²) in [4.78, 5) is 0.490. The van der Waals surface area contributed by atoms with Crippen LogP contribution < -0.4 is 10.5 Å². The van der Waals surface area contributed by atoms with Crippen molar-refractivity contribution in [2.45, 2.75) is 6.92 Å². The van der Waals surface area contributed by atoms with Gasteiger partial charge in [0.2, 0.25) is 0 Å². The van der Waals surface area contributed by atoms with Crippen molar-refractivity contribution in [2.75, 3.05) is 19.8 Å². The minimum atomic E-state index is 0.117. The number of nitrogens with two attached hydrogens (primary N) is 1. The second kappa shape index (κ2) is 7.19. The van der Waals surface area contributed by atoms with E-state index in [0.717, 1.165) is 5.75 Å². The number of hydrogen-bond donors (Lipinski definition) is 1. The van der Waals surface area contributed by atoms with E-state index in [1.165, 1.54) is 0 Å². The highest BCUT2D eigenvalue weighted by atomic mass is 32.1. The first-order valence-electron chi connectivity index (χ1n) is 5.25. The first kappa shape index (κ1) is 12.9. The van der Waals surface area contributed by atoms with Crippen molar-refractivity contribution in [3.05, 3.63) is 30.3 Å². The van der Waals surface area contributed by atoms with E-state index in [9.17, 15) is 0 Å². The second-order valence-corrected chi connectivity index (χ2v) is 4.01. The highest BCUT2D eigenvalue weighted by Gasteiger charge is 2.04. The lowest BCUT2D eigenvalue weighted by molar-refractivity contribution is 0.0905. The average molecular weight is 239 g/mol. The summed E-state index contributed by atoms with van der Waals surface area (Å²) in [5, 5.41) is 0. The molecule has 0 heterocycles. The smallest absolute Gasteiger partial charge is 0.119 e. The molecule has 0 aromatic heterocycles. The maximum absolute atomic E-state index is 5.46. The van der Waals surface area contributed by atoms with Gasteiger partial charge in [-0.25, -0.2) is 0 Å². The molecule has 4 heteroatoms. The van der Waals surface area contributed by atoms with Crippen LogP contribution in [0.1, 0.15) is 6.92 Å². The van der Waals surface area contributed by atoms with Crippen molar-refractivity contribution in [3.8, 4) is 5.75 Å². The number of rotatable bonds is 7. The third-order valence-corrected chi connectivity index (χ3v) is 2.50. The van der Waals surface area contributed by atoms with Crippen molar-refractivity contribution in [1.29, 1.82) is 0 Å². The minimum absolute atomic E-state index is 0.117. The van der Waals surface area contributed by atoms with Gasteiger partial charge in [-0.15, -0.1) is 0 Å². The molecule has 1 atom stereocenters. The van der Waals surface area contributed by atoms with E-state index < -0.39 is 0 Å². The highest BCUT2D eigenvalue weighted by Crippen LogP contribution is 2.07. The Kier molecular flexibility index (Phi) is 5.82. The van der Waals surface area contributed by atoms with E-state index in [1.54, 1.807) is 0 Å². The Morgan fingerprint density at radius 1 is 1.31 bits per heavy atom. The van der Waals surface area contributed by atoms with Crippen LogP contribution in [0.2, 0.25) is 0 Å². The van der Waals surface area contributed by atoms with Gasteiger partial charge in [-0.05, 0) is 12.1 Å². The van der Waals surface area contributed by atoms with Crippen molar-refractivity contribution in [3.63, 3.8) is 0 Å². The van der Waals surface area contributed by atoms with Gasteiger partial charge in [0.25, 0.3) is 0 Å². The van der Waals surface area contributed by atoms with Gasteiger partial charge in [0, 0.05) is 5.92 Å². The van der Waals surface area contributed by atoms with E-state index in [4.69, 9.17) is 27.4 Å². The molecule has 1 aromatic rings. The number of hydrogen-bond acceptors (Lipinski definition) is 3. The third-order valence-electron chi connectivity index (χ3n) is 2.09. The lowest BCUT2D eigenvalue weighted by Crippen LogP contribution is -2.23. The third kappa shape index (κ3) is 5.09. The largest absolute Gasteiger partial charge is 0.491 e. The summed E-state index contributed by atoms with van der Waals surface area (Å²) < 4.78 is 10.8. The van der Waals surface area contributed by atoms with Crippen LogP contribution in [0.4, 0.5) is 0 Å². The molecule has 16 heavy (non-hydrogen) atoms. The van der Waals surface area contributed by atoms with Crippen molar-refractivity contribution in [1.82, 2.24) is 0 Å². The molecule has 3 nitrogen and oxygen atoms in total. The van der Waals surface area contributed by atoms with E-state index in [2.05, 4.69) is 0 Å². The maximum Gasteiger partial charge on any atom is 0.119 e. The lowest BCUT2D eigenvalue weighted by atomic mass is 10.2. The predicted octanol–water partition coefficient (Wildman–Crippen LogP) is 2.00. The van der Waals surface area contributed by atoms with Gasteiger partial charge in [-0.2, -0.15) is 0 Å². The molecule has 1 aromatic carbocycles. The van der Waals surface area contributed by atoms with Gasteiger partial charge in [-0.3, -0.25) is 0 Å². The summed E-state index contributed by atoms with van der Waals surface area (Å²) in [5.74, 6) is 0.972. The molecular weight excluding hydrogens is 222 g/mol. The molecule has 0 saturated carbocycles. The molecule has 0 aliphatic carbocycles. The van der Waals surface area contributed by atoms with Crippen molar-refractivity contribution in [2.24, 2.45) is 11.7 Å². The number of para-hydroxylation sites is 1. The fourth-order valence-corrected chi connectivity index (χ4v) is 1.15. The SMILES string of the molecule is CC(COCCOc1ccccc1)C(N)=S. The van der Waals surface area contributed by atoms with Crippen molar-refractivity contribution < 1.29 is 9.47 Å². The molecule has 0 spiro atoms. The Morgan fingerprint density at radius 2 is 2.00 bits per heavy atom. The standard InChI is InChI=1S/C12H17NO2S/c1-10(12(13)16)9-14-7-8-15-11-5-3-2-4-6-11/h2-6,10H,7-9H2,1H3,(H2,13,16). The molecule has 2 N–H and O–H groups in total. The zero-order valence-electron chi connectivity index (χ0n) is 9.39. The fourth-order valence-electron chi connectivity index (χ4n) is 1.08. The quantitative estimate of drug-likeness (QED) is 0.584. The van der Waals surface area contributed by atoms with Crippen molar-refractivity contribution >= 4 is 17.2 Å². The monoisotopic (exact) mass is 239 g/mol. The van der Waals surface area contributed by atoms with E-state index >= 15 is 0 Å². The minimum Gasteiger partial charge on any atom is -0.491 e. The summed E-state index contributed by atoms with van der Waals surface area (Å²) >= 11 is 4.84. The molecule has 1 unspecified atom stereocenters. The van der Waals surface area contributed by atoms with Gasteiger partial charge in [0.05, 0.1) is 18.2 Å². The number of benzene rings is 1. The van der Waals surface area contributed by atoms with Gasteiger partial charge in [-0.1, -0.05) is 37.3 Å². The van der Waals surface area contributed by atoms with Gasteiger partial charge in [0.15, 0.2) is 0 Å². The molecule has 0 aliphatic rings. The van der Waals surface area contributed by atoms with Gasteiger partial charge in [0.1, 0.15) is 12.4 Å². The van der Waals surface area contributed by atoms with Crippen LogP contribution in [0.25, 0.3) is 0 Å². The van der Waals surface area contributed by atoms with Crippen LogP contribution in [0, 0.1) is 5.92 Å². The molecular formula is C12H17NO2S. The van der Waals surface area contributed by atoms with Crippen LogP contribution in [-0.2, 0) is 4.74 Å². The van der Waals surface area contributed by atoms with Crippen LogP contribution in [0.15, 0.2) is 30.3 Å². The molecule has 1 rings (SSSR count). The summed E-state index contributed by atoms with van der Waals surface area (Å²) in [6.45, 7) is 3.57. The molecule has 88 valence electrons. The molecule has 0 amide bonds. The topological polar surface area (TPSA) is 44.5 Å². The first-order valence-corrected chi connectivity index (χ1v) is 5.66. The highest BCUT2D eigenvalue weighted by molar-refractivity contribution is 7.80. The summed E-state index contributed by atoms with van der Waals surface area (Å²) in [5.41, 5.74) is 5.46. The van der Waals surface area contributed by atoms with E-state index in [0.29, 0.717) is 24.8 Å². The Hall–Kier alpha value is -1.13. The molecule has 0 saturated heterocycles. The number of thiocarbonyl (C=S) groups is 1. The Bertz CT molecular complexity index is 316. The van der Waals surface area contributed by atoms with Crippen LogP contribution in [0.5, 0.6) is 5.75 Å². The Balaban J connectivity index is 2.07. The summed E-state index contributed by atoms with van der Waals surface area (Å²) in [6.07, 6.45) is 0. The lowest BCUT2D eigenvalue weighted by Gasteiger charge is -2.10. The van der Waals surface area contributed by atoms with Crippen LogP contribution in [-0.4, -0.2) is 24.8 Å². The first-order chi connectivity index (χ1) is 7.70. The maximum atomic E-state index is 5.46. The van der Waals surface area contributed by atoms with E-state index in [-0.39, 0.29) is 5.92 Å².